The molecule has 11 nitrogen and oxygen atoms in total. The number of phenols is 1. The summed E-state index contributed by atoms with van der Waals surface area (Å²) in [6.45, 7) is 5.42. The van der Waals surface area contributed by atoms with E-state index < -0.39 is 64.4 Å². The highest BCUT2D eigenvalue weighted by Crippen LogP contribution is 2.52. The number of rotatable bonds is 7. The molecule has 2 unspecified atom stereocenters. The van der Waals surface area contributed by atoms with Crippen LogP contribution in [0, 0.1) is 29.6 Å². The van der Waals surface area contributed by atoms with Crippen molar-refractivity contribution in [2.45, 2.75) is 44.9 Å². The first-order valence-electron chi connectivity index (χ1n) is 13.1. The number of fused-ring (bicyclic) bond motifs is 3. The number of carbonyl (C=O) groups is 5. The van der Waals surface area contributed by atoms with Crippen LogP contribution < -0.4 is 10.5 Å². The van der Waals surface area contributed by atoms with E-state index in [0.29, 0.717) is 29.3 Å². The number of Topliss-reactive ketones (excluding diaryl/α,β-unsaturated/α-hetero) is 4. The standard InChI is InChI=1S/C28H37N3O8/c1-12(2)10-31(5)11-14-9-17(32)19-15(24(14)39-6)7-13-8-16-21(30(3)4)23(34)20(27(29)37)26(36)28(16,38)25(35)18(13)22(19)33/h9,12-13,16,18,20-21,32,38H,7-8,10-11H2,1-6H3,(H2,29,37)/t13-,16-,18?,20?,21-,28-/m0/s1. The Balaban J connectivity index is 1.82. The van der Waals surface area contributed by atoms with Gasteiger partial charge in [0.05, 0.1) is 24.6 Å². The Bertz CT molecular complexity index is 1260. The quantitative estimate of drug-likeness (QED) is 0.397. The summed E-state index contributed by atoms with van der Waals surface area (Å²) in [5, 5.41) is 22.6. The Morgan fingerprint density at radius 2 is 1.82 bits per heavy atom. The average molecular weight is 544 g/mol. The van der Waals surface area contributed by atoms with Crippen LogP contribution in [-0.2, 0) is 32.1 Å². The Hall–Kier alpha value is -3.15. The summed E-state index contributed by atoms with van der Waals surface area (Å²) in [4.78, 5) is 69.8. The Labute approximate surface area is 227 Å². The number of aliphatic hydroxyl groups is 1. The SMILES string of the molecule is COc1c(CN(C)CC(C)C)cc(O)c2c1C[C@H]1C[C@H]3[C@H](N(C)C)C(=O)C(C(N)=O)C(=O)[C@@]3(O)C(=O)C1C2=O. The number of phenolic OH excluding ortho intramolecular Hbond substituents is 1. The molecule has 0 saturated heterocycles. The number of ether oxygens (including phenoxy) is 1. The molecule has 212 valence electrons. The number of primary amides is 1. The van der Waals surface area contributed by atoms with E-state index in [-0.39, 0.29) is 24.2 Å². The summed E-state index contributed by atoms with van der Waals surface area (Å²) >= 11 is 0. The summed E-state index contributed by atoms with van der Waals surface area (Å²) in [5.41, 5.74) is 3.67. The monoisotopic (exact) mass is 543 g/mol. The van der Waals surface area contributed by atoms with Gasteiger partial charge < -0.3 is 25.6 Å². The highest BCUT2D eigenvalue weighted by Gasteiger charge is 2.69. The zero-order chi connectivity index (χ0) is 29.1. The molecule has 6 atom stereocenters. The number of methoxy groups -OCH3 is 1. The molecule has 0 spiro atoms. The third kappa shape index (κ3) is 4.36. The van der Waals surface area contributed by atoms with E-state index in [1.54, 1.807) is 14.1 Å². The predicted octanol–water partition coefficient (Wildman–Crippen LogP) is -0.0366. The molecule has 1 aromatic rings. The van der Waals surface area contributed by atoms with Crippen molar-refractivity contribution in [2.24, 2.45) is 35.3 Å². The Morgan fingerprint density at radius 1 is 1.18 bits per heavy atom. The van der Waals surface area contributed by atoms with Gasteiger partial charge in [0.1, 0.15) is 11.5 Å². The third-order valence-electron chi connectivity index (χ3n) is 8.41. The maximum atomic E-state index is 13.9. The molecular weight excluding hydrogens is 506 g/mol. The van der Waals surface area contributed by atoms with Crippen molar-refractivity contribution in [3.63, 3.8) is 0 Å². The van der Waals surface area contributed by atoms with Crippen molar-refractivity contribution < 1.29 is 38.9 Å². The second kappa shape index (κ2) is 10.1. The lowest BCUT2D eigenvalue weighted by atomic mass is 9.52. The average Bonchev–Trinajstić information content (AvgIpc) is 2.80. The molecule has 1 amide bonds. The van der Waals surface area contributed by atoms with Gasteiger partial charge >= 0.3 is 0 Å². The molecule has 0 bridgehead atoms. The van der Waals surface area contributed by atoms with E-state index in [2.05, 4.69) is 18.7 Å². The number of nitrogens with zero attached hydrogens (tertiary/aromatic N) is 2. The second-order valence-corrected chi connectivity index (χ2v) is 11.8. The summed E-state index contributed by atoms with van der Waals surface area (Å²) in [7, 11) is 6.52. The van der Waals surface area contributed by atoms with Crippen LogP contribution in [0.5, 0.6) is 11.5 Å². The number of hydrogen-bond donors (Lipinski definition) is 3. The molecule has 4 N–H and O–H groups in total. The van der Waals surface area contributed by atoms with Crippen LogP contribution in [-0.4, -0.2) is 95.5 Å². The number of carbonyl (C=O) groups excluding carboxylic acids is 5. The number of likely N-dealkylation sites (N-methyl/N-ethyl adjacent to an activating group) is 1. The summed E-state index contributed by atoms with van der Waals surface area (Å²) in [5.74, 6) is -9.82. The molecule has 11 heteroatoms. The molecular formula is C28H37N3O8. The van der Waals surface area contributed by atoms with Crippen LogP contribution in [0.1, 0.15) is 41.8 Å². The van der Waals surface area contributed by atoms with Crippen molar-refractivity contribution in [1.29, 1.82) is 0 Å². The van der Waals surface area contributed by atoms with Crippen molar-refractivity contribution in [1.82, 2.24) is 9.80 Å². The minimum atomic E-state index is -2.74. The summed E-state index contributed by atoms with van der Waals surface area (Å²) < 4.78 is 5.73. The molecule has 0 heterocycles. The number of amides is 1. The number of ketones is 4. The molecule has 2 saturated carbocycles. The number of aromatic hydroxyl groups is 1. The smallest absolute Gasteiger partial charge is 0.235 e. The van der Waals surface area contributed by atoms with Crippen LogP contribution in [0.2, 0.25) is 0 Å². The molecule has 3 aliphatic carbocycles. The topological polar surface area (TPSA) is 168 Å². The Morgan fingerprint density at radius 3 is 2.36 bits per heavy atom. The van der Waals surface area contributed by atoms with Crippen LogP contribution in [0.25, 0.3) is 0 Å². The van der Waals surface area contributed by atoms with E-state index >= 15 is 0 Å². The maximum absolute atomic E-state index is 13.9. The first-order valence-corrected chi connectivity index (χ1v) is 13.1. The highest BCUT2D eigenvalue weighted by molar-refractivity contribution is 6.32. The number of nitrogens with two attached hydrogens (primary N) is 1. The van der Waals surface area contributed by atoms with Gasteiger partial charge in [0.2, 0.25) is 5.91 Å². The lowest BCUT2D eigenvalue weighted by molar-refractivity contribution is -0.181. The van der Waals surface area contributed by atoms with E-state index in [1.165, 1.54) is 18.1 Å². The molecule has 1 aromatic carbocycles. The van der Waals surface area contributed by atoms with Gasteiger partial charge in [-0.1, -0.05) is 13.8 Å². The number of benzene rings is 1. The van der Waals surface area contributed by atoms with Gasteiger partial charge in [0.15, 0.2) is 34.7 Å². The van der Waals surface area contributed by atoms with Gasteiger partial charge in [-0.05, 0) is 51.9 Å². The summed E-state index contributed by atoms with van der Waals surface area (Å²) in [6.07, 6.45) is 0.148. The third-order valence-corrected chi connectivity index (χ3v) is 8.41. The van der Waals surface area contributed by atoms with E-state index in [4.69, 9.17) is 10.5 Å². The van der Waals surface area contributed by atoms with Gasteiger partial charge in [-0.15, -0.1) is 0 Å². The minimum absolute atomic E-state index is 0.00864. The van der Waals surface area contributed by atoms with Gasteiger partial charge in [-0.3, -0.25) is 28.9 Å². The van der Waals surface area contributed by atoms with Gasteiger partial charge in [0.25, 0.3) is 0 Å². The van der Waals surface area contributed by atoms with Gasteiger partial charge in [0, 0.05) is 30.1 Å². The molecule has 0 aliphatic heterocycles. The predicted molar refractivity (Wildman–Crippen MR) is 139 cm³/mol. The van der Waals surface area contributed by atoms with Crippen LogP contribution in [0.15, 0.2) is 6.07 Å². The lowest BCUT2D eigenvalue weighted by Gasteiger charge is -2.52. The molecule has 0 radical (unpaired) electrons. The van der Waals surface area contributed by atoms with Crippen molar-refractivity contribution in [3.05, 3.63) is 22.8 Å². The fourth-order valence-electron chi connectivity index (χ4n) is 7.07. The van der Waals surface area contributed by atoms with E-state index in [9.17, 15) is 34.2 Å². The zero-order valence-corrected chi connectivity index (χ0v) is 23.2. The lowest BCUT2D eigenvalue weighted by Crippen LogP contribution is -2.74. The summed E-state index contributed by atoms with van der Waals surface area (Å²) in [6, 6.07) is 0.311. The van der Waals surface area contributed by atoms with E-state index in [0.717, 1.165) is 6.54 Å². The zero-order valence-electron chi connectivity index (χ0n) is 23.2. The molecule has 2 fully saturated rings. The second-order valence-electron chi connectivity index (χ2n) is 11.8. The maximum Gasteiger partial charge on any atom is 0.235 e. The van der Waals surface area contributed by atoms with Gasteiger partial charge in [-0.2, -0.15) is 0 Å². The van der Waals surface area contributed by atoms with Crippen molar-refractivity contribution in [3.8, 4) is 11.5 Å². The highest BCUT2D eigenvalue weighted by atomic mass is 16.5. The molecule has 3 aliphatic rings. The van der Waals surface area contributed by atoms with Crippen LogP contribution in [0.4, 0.5) is 0 Å². The normalized spacial score (nSPS) is 30.5. The Kier molecular flexibility index (Phi) is 7.48. The van der Waals surface area contributed by atoms with Crippen molar-refractivity contribution >= 4 is 29.0 Å². The van der Waals surface area contributed by atoms with E-state index in [1.807, 2.05) is 7.05 Å². The minimum Gasteiger partial charge on any atom is -0.507 e. The first kappa shape index (κ1) is 28.8. The molecule has 39 heavy (non-hydrogen) atoms. The largest absolute Gasteiger partial charge is 0.507 e. The fraction of sp³-hybridized carbons (Fsp3) is 0.607. The molecule has 0 aromatic heterocycles. The van der Waals surface area contributed by atoms with Crippen molar-refractivity contribution in [2.75, 3.05) is 34.8 Å². The number of hydrogen-bond acceptors (Lipinski definition) is 10. The van der Waals surface area contributed by atoms with Crippen LogP contribution in [0.3, 0.4) is 0 Å². The molecule has 4 rings (SSSR count). The fourth-order valence-corrected chi connectivity index (χ4v) is 7.07. The first-order chi connectivity index (χ1) is 18.2. The van der Waals surface area contributed by atoms with Gasteiger partial charge in [-0.25, -0.2) is 0 Å². The van der Waals surface area contributed by atoms with Crippen LogP contribution >= 0.6 is 0 Å².